The average Bonchev–Trinajstić information content (AvgIpc) is 3.09. The van der Waals surface area contributed by atoms with Gasteiger partial charge in [0.1, 0.15) is 10.6 Å². The molecule has 0 atom stereocenters. The van der Waals surface area contributed by atoms with Gasteiger partial charge in [-0.3, -0.25) is 14.2 Å². The van der Waals surface area contributed by atoms with E-state index in [0.717, 1.165) is 11.3 Å². The van der Waals surface area contributed by atoms with Crippen LogP contribution in [0.2, 0.25) is 0 Å². The van der Waals surface area contributed by atoms with Crippen molar-refractivity contribution < 1.29 is 9.53 Å². The van der Waals surface area contributed by atoms with Gasteiger partial charge >= 0.3 is 0 Å². The molecular formula is C23H18N2O3S2. The fourth-order valence-corrected chi connectivity index (χ4v) is 4.70. The number of nitrogens with one attached hydrogen (secondary N) is 1. The zero-order chi connectivity index (χ0) is 21.3. The van der Waals surface area contributed by atoms with Crippen LogP contribution in [0.5, 0.6) is 5.75 Å². The number of fused-ring (bicyclic) bond motifs is 1. The molecule has 4 aromatic rings. The summed E-state index contributed by atoms with van der Waals surface area (Å²) in [6, 6.07) is 16.6. The van der Waals surface area contributed by atoms with E-state index in [1.54, 1.807) is 20.1 Å². The Morgan fingerprint density at radius 2 is 1.83 bits per heavy atom. The van der Waals surface area contributed by atoms with Gasteiger partial charge in [0.25, 0.3) is 5.56 Å². The van der Waals surface area contributed by atoms with Gasteiger partial charge in [-0.05, 0) is 60.6 Å². The average molecular weight is 435 g/mol. The highest BCUT2D eigenvalue weighted by Crippen LogP contribution is 2.28. The van der Waals surface area contributed by atoms with Crippen LogP contribution in [0.1, 0.15) is 20.8 Å². The van der Waals surface area contributed by atoms with Gasteiger partial charge in [0.2, 0.25) is 0 Å². The first kappa shape index (κ1) is 20.0. The number of nitrogens with zero attached hydrogens (tertiary/aromatic N) is 1. The third-order valence-electron chi connectivity index (χ3n) is 4.77. The maximum absolute atomic E-state index is 13.2. The Labute approximate surface area is 181 Å². The number of hydrogen-bond acceptors (Lipinski definition) is 5. The minimum absolute atomic E-state index is 0.158. The zero-order valence-electron chi connectivity index (χ0n) is 16.3. The summed E-state index contributed by atoms with van der Waals surface area (Å²) in [5.74, 6) is 0.596. The zero-order valence-corrected chi connectivity index (χ0v) is 18.0. The molecule has 0 radical (unpaired) electrons. The highest BCUT2D eigenvalue weighted by atomic mass is 32.1. The summed E-state index contributed by atoms with van der Waals surface area (Å²) in [5, 5.41) is 0.485. The van der Waals surface area contributed by atoms with Gasteiger partial charge in [-0.1, -0.05) is 36.4 Å². The van der Waals surface area contributed by atoms with Crippen molar-refractivity contribution in [3.63, 3.8) is 0 Å². The van der Waals surface area contributed by atoms with Crippen LogP contribution in [-0.2, 0) is 0 Å². The summed E-state index contributed by atoms with van der Waals surface area (Å²) < 4.78 is 6.90. The summed E-state index contributed by atoms with van der Waals surface area (Å²) >= 11 is 6.66. The molecular weight excluding hydrogens is 416 g/mol. The number of benzene rings is 2. The third-order valence-corrected chi connectivity index (χ3v) is 6.27. The third kappa shape index (κ3) is 3.65. The van der Waals surface area contributed by atoms with E-state index in [1.807, 2.05) is 54.6 Å². The van der Waals surface area contributed by atoms with Gasteiger partial charge in [0.15, 0.2) is 10.6 Å². The van der Waals surface area contributed by atoms with Crippen LogP contribution in [0, 0.1) is 11.7 Å². The SMILES string of the molecule is COc1ccc(/C=C/C(=O)c2sc3[nH]c(=S)n(-c4ccccc4)c(=O)c3c2C)cc1. The van der Waals surface area contributed by atoms with Crippen LogP contribution in [0.3, 0.4) is 0 Å². The topological polar surface area (TPSA) is 64.1 Å². The lowest BCUT2D eigenvalue weighted by molar-refractivity contribution is 0.105. The molecule has 150 valence electrons. The first-order chi connectivity index (χ1) is 14.5. The van der Waals surface area contributed by atoms with Crippen LogP contribution in [-0.4, -0.2) is 22.4 Å². The molecule has 2 aromatic carbocycles. The molecule has 5 nitrogen and oxygen atoms in total. The molecule has 2 heterocycles. The van der Waals surface area contributed by atoms with E-state index in [9.17, 15) is 9.59 Å². The minimum atomic E-state index is -0.230. The van der Waals surface area contributed by atoms with Gasteiger partial charge in [-0.25, -0.2) is 0 Å². The predicted molar refractivity (Wildman–Crippen MR) is 124 cm³/mol. The molecule has 1 N–H and O–H groups in total. The van der Waals surface area contributed by atoms with Crippen molar-refractivity contribution in [2.24, 2.45) is 0 Å². The Kier molecular flexibility index (Phi) is 5.48. The number of ether oxygens (including phenoxy) is 1. The first-order valence-electron chi connectivity index (χ1n) is 9.20. The monoisotopic (exact) mass is 434 g/mol. The van der Waals surface area contributed by atoms with E-state index >= 15 is 0 Å². The number of methoxy groups -OCH3 is 1. The molecule has 0 saturated heterocycles. The fraction of sp³-hybridized carbons (Fsp3) is 0.0870. The number of carbonyl (C=O) groups is 1. The lowest BCUT2D eigenvalue weighted by Gasteiger charge is -2.06. The summed E-state index contributed by atoms with van der Waals surface area (Å²) in [6.07, 6.45) is 3.26. The Morgan fingerprint density at radius 1 is 1.13 bits per heavy atom. The summed E-state index contributed by atoms with van der Waals surface area (Å²) in [6.45, 7) is 1.79. The van der Waals surface area contributed by atoms with Crippen molar-refractivity contribution in [2.45, 2.75) is 6.92 Å². The molecule has 30 heavy (non-hydrogen) atoms. The number of carbonyl (C=O) groups excluding carboxylic acids is 1. The van der Waals surface area contributed by atoms with Crippen molar-refractivity contribution in [2.75, 3.05) is 7.11 Å². The lowest BCUT2D eigenvalue weighted by atomic mass is 10.1. The highest BCUT2D eigenvalue weighted by Gasteiger charge is 2.18. The van der Waals surface area contributed by atoms with Crippen LogP contribution in [0.15, 0.2) is 65.5 Å². The second kappa shape index (κ2) is 8.22. The number of para-hydroxylation sites is 1. The van der Waals surface area contributed by atoms with Crippen LogP contribution in [0.4, 0.5) is 0 Å². The Hall–Kier alpha value is -3.29. The Morgan fingerprint density at radius 3 is 2.50 bits per heavy atom. The molecule has 0 aliphatic carbocycles. The molecule has 0 aliphatic heterocycles. The van der Waals surface area contributed by atoms with Gasteiger partial charge < -0.3 is 9.72 Å². The van der Waals surface area contributed by atoms with E-state index < -0.39 is 0 Å². The van der Waals surface area contributed by atoms with E-state index in [-0.39, 0.29) is 11.3 Å². The smallest absolute Gasteiger partial charge is 0.267 e. The molecule has 4 rings (SSSR count). The molecule has 0 unspecified atom stereocenters. The van der Waals surface area contributed by atoms with Crippen LogP contribution < -0.4 is 10.3 Å². The second-order valence-electron chi connectivity index (χ2n) is 6.64. The Bertz CT molecular complexity index is 1380. The number of allylic oxidation sites excluding steroid dienone is 1. The predicted octanol–water partition coefficient (Wildman–Crippen LogP) is 5.32. The van der Waals surface area contributed by atoms with Crippen molar-refractivity contribution in [3.8, 4) is 11.4 Å². The summed E-state index contributed by atoms with van der Waals surface area (Å²) in [7, 11) is 1.61. The number of hydrogen-bond donors (Lipinski definition) is 1. The summed E-state index contributed by atoms with van der Waals surface area (Å²) in [4.78, 5) is 30.3. The maximum Gasteiger partial charge on any atom is 0.267 e. The molecule has 0 saturated carbocycles. The number of aromatic amines is 1. The van der Waals surface area contributed by atoms with E-state index in [0.29, 0.717) is 31.1 Å². The number of aromatic nitrogens is 2. The molecule has 0 aliphatic rings. The van der Waals surface area contributed by atoms with Crippen molar-refractivity contribution in [1.29, 1.82) is 0 Å². The normalized spacial score (nSPS) is 11.3. The minimum Gasteiger partial charge on any atom is -0.497 e. The number of aryl methyl sites for hydroxylation is 1. The molecule has 7 heteroatoms. The van der Waals surface area contributed by atoms with E-state index in [2.05, 4.69) is 4.98 Å². The fourth-order valence-electron chi connectivity index (χ4n) is 3.23. The molecule has 2 aromatic heterocycles. The van der Waals surface area contributed by atoms with Crippen molar-refractivity contribution in [3.05, 3.63) is 91.8 Å². The number of thiophene rings is 1. The lowest BCUT2D eigenvalue weighted by Crippen LogP contribution is -2.20. The number of ketones is 1. The van der Waals surface area contributed by atoms with E-state index in [4.69, 9.17) is 17.0 Å². The van der Waals surface area contributed by atoms with Gasteiger partial charge in [-0.2, -0.15) is 0 Å². The second-order valence-corrected chi connectivity index (χ2v) is 8.04. The first-order valence-corrected chi connectivity index (χ1v) is 10.4. The summed E-state index contributed by atoms with van der Waals surface area (Å²) in [5.41, 5.74) is 1.99. The highest BCUT2D eigenvalue weighted by molar-refractivity contribution is 7.71. The molecule has 0 bridgehead atoms. The van der Waals surface area contributed by atoms with Gasteiger partial charge in [0, 0.05) is 0 Å². The standard InChI is InChI=1S/C23H18N2O3S2/c1-14-19-21(24-23(29)25(22(19)27)16-6-4-3-5-7-16)30-20(14)18(26)13-10-15-8-11-17(28-2)12-9-15/h3-13H,1-2H3,(H,24,29)/b13-10+. The molecule has 0 fully saturated rings. The number of rotatable bonds is 5. The molecule has 0 spiro atoms. The molecule has 0 amide bonds. The van der Waals surface area contributed by atoms with Crippen LogP contribution in [0.25, 0.3) is 22.0 Å². The van der Waals surface area contributed by atoms with Crippen molar-refractivity contribution in [1.82, 2.24) is 9.55 Å². The number of H-pyrrole nitrogens is 1. The largest absolute Gasteiger partial charge is 0.497 e. The quantitative estimate of drug-likeness (QED) is 0.262. The Balaban J connectivity index is 1.75. The van der Waals surface area contributed by atoms with Crippen molar-refractivity contribution >= 4 is 45.6 Å². The van der Waals surface area contributed by atoms with Crippen LogP contribution >= 0.6 is 23.6 Å². The maximum atomic E-state index is 13.2. The van der Waals surface area contributed by atoms with E-state index in [1.165, 1.54) is 22.0 Å². The van der Waals surface area contributed by atoms with Gasteiger partial charge in [0.05, 0.1) is 23.1 Å². The van der Waals surface area contributed by atoms with Gasteiger partial charge in [-0.15, -0.1) is 11.3 Å².